The van der Waals surface area contributed by atoms with Crippen LogP contribution in [0.15, 0.2) is 18.2 Å². The summed E-state index contributed by atoms with van der Waals surface area (Å²) in [4.78, 5) is 86.6. The average molecular weight is 744 g/mol. The monoisotopic (exact) mass is 743 g/mol. The number of hydrogen-bond acceptors (Lipinski definition) is 10. The lowest BCUT2D eigenvalue weighted by atomic mass is 9.85. The van der Waals surface area contributed by atoms with E-state index in [1.807, 2.05) is 0 Å². The molecule has 1 aromatic carbocycles. The minimum absolute atomic E-state index is 0.135. The molecule has 0 unspecified atom stereocenters. The van der Waals surface area contributed by atoms with Gasteiger partial charge in [0.05, 0.1) is 18.8 Å². The maximum absolute atomic E-state index is 14.2. The number of ether oxygens (including phenoxy) is 2. The molecule has 1 aliphatic heterocycles. The molecule has 0 aliphatic carbocycles. The molecule has 0 aromatic heterocycles. The number of rotatable bonds is 16. The predicted octanol–water partition coefficient (Wildman–Crippen LogP) is 0.402. The van der Waals surface area contributed by atoms with Crippen LogP contribution >= 0.6 is 0 Å². The van der Waals surface area contributed by atoms with E-state index in [2.05, 4.69) is 16.0 Å². The van der Waals surface area contributed by atoms with Gasteiger partial charge in [-0.2, -0.15) is 22.0 Å². The van der Waals surface area contributed by atoms with Crippen molar-refractivity contribution in [2.75, 3.05) is 37.7 Å². The first kappa shape index (κ1) is 42.0. The minimum atomic E-state index is -6.07. The number of aliphatic hydroxyl groups is 1. The van der Waals surface area contributed by atoms with Crippen molar-refractivity contribution in [3.8, 4) is 5.75 Å². The lowest BCUT2D eigenvalue weighted by Gasteiger charge is -2.30. The molecule has 0 saturated heterocycles. The summed E-state index contributed by atoms with van der Waals surface area (Å²) in [6.45, 7) is -1.17. The largest absolute Gasteiger partial charge is 0.487 e. The number of halogens is 6. The van der Waals surface area contributed by atoms with Crippen molar-refractivity contribution in [2.45, 2.75) is 63.5 Å². The highest BCUT2D eigenvalue weighted by Crippen LogP contribution is 2.37. The highest BCUT2D eigenvalue weighted by Gasteiger charge is 2.58. The minimum Gasteiger partial charge on any atom is -0.487 e. The van der Waals surface area contributed by atoms with Gasteiger partial charge in [-0.1, -0.05) is 0 Å². The Kier molecular flexibility index (Phi) is 14.2. The number of aliphatic carboxylic acids is 1. The van der Waals surface area contributed by atoms with Crippen LogP contribution in [0, 0.1) is 11.7 Å². The van der Waals surface area contributed by atoms with Gasteiger partial charge < -0.3 is 45.9 Å². The number of alkyl halides is 5. The zero-order chi connectivity index (χ0) is 38.9. The number of carboxylic acid groups (broad SMARTS) is 1. The fourth-order valence-electron chi connectivity index (χ4n) is 4.50. The van der Waals surface area contributed by atoms with Crippen LogP contribution in [0.3, 0.4) is 0 Å². The van der Waals surface area contributed by atoms with E-state index in [0.717, 1.165) is 42.3 Å². The van der Waals surface area contributed by atoms with Gasteiger partial charge in [0, 0.05) is 32.5 Å². The summed E-state index contributed by atoms with van der Waals surface area (Å²) < 4.78 is 89.1. The Morgan fingerprint density at radius 1 is 1.04 bits per heavy atom. The van der Waals surface area contributed by atoms with Gasteiger partial charge in [0.1, 0.15) is 36.2 Å². The number of hydrogen-bond donors (Lipinski definition) is 6. The number of carbonyl (C=O) groups excluding carboxylic acids is 6. The van der Waals surface area contributed by atoms with Crippen molar-refractivity contribution < 1.29 is 79.6 Å². The summed E-state index contributed by atoms with van der Waals surface area (Å²) in [5.74, 6) is -16.1. The topological polar surface area (TPSA) is 230 Å². The molecule has 5 amide bonds. The van der Waals surface area contributed by atoms with Gasteiger partial charge in [0.15, 0.2) is 11.4 Å². The van der Waals surface area contributed by atoms with Crippen LogP contribution in [0.2, 0.25) is 0 Å². The van der Waals surface area contributed by atoms with E-state index in [4.69, 9.17) is 14.6 Å². The second-order valence-corrected chi connectivity index (χ2v) is 11.3. The Labute approximate surface area is 285 Å². The molecular formula is C29H35F6N5O11. The number of carbonyl (C=O) groups is 7. The smallest absolute Gasteiger partial charge is 0.455 e. The van der Waals surface area contributed by atoms with Crippen LogP contribution in [0.4, 0.5) is 36.8 Å². The average Bonchev–Trinajstić information content (AvgIpc) is 3.11. The zero-order valence-corrected chi connectivity index (χ0v) is 27.2. The van der Waals surface area contributed by atoms with E-state index in [9.17, 15) is 65.0 Å². The fourth-order valence-corrected chi connectivity index (χ4v) is 4.50. The van der Waals surface area contributed by atoms with E-state index in [1.54, 1.807) is 0 Å². The number of anilines is 1. The Morgan fingerprint density at radius 2 is 1.67 bits per heavy atom. The van der Waals surface area contributed by atoms with Crippen LogP contribution in [0.25, 0.3) is 0 Å². The third kappa shape index (κ3) is 11.4. The van der Waals surface area contributed by atoms with Crippen LogP contribution < -0.4 is 30.9 Å². The molecule has 0 saturated carbocycles. The number of fused-ring (bicyclic) bond motifs is 1. The van der Waals surface area contributed by atoms with Crippen molar-refractivity contribution >= 4 is 47.2 Å². The second-order valence-electron chi connectivity index (χ2n) is 11.3. The van der Waals surface area contributed by atoms with E-state index in [1.165, 1.54) is 0 Å². The van der Waals surface area contributed by atoms with Crippen molar-refractivity contribution in [1.29, 1.82) is 0 Å². The molecule has 6 N–H and O–H groups in total. The molecule has 4 atom stereocenters. The lowest BCUT2D eigenvalue weighted by Crippen LogP contribution is -2.59. The summed E-state index contributed by atoms with van der Waals surface area (Å²) in [7, 11) is 0. The molecule has 0 fully saturated rings. The maximum atomic E-state index is 14.2. The van der Waals surface area contributed by atoms with Gasteiger partial charge in [-0.05, 0) is 32.4 Å². The SMILES string of the molecule is CC(=O)N[C@@H](CCC(=O)NCCNC(=O)OCCN1C(=O)[C@H](C(=O)[C@](C)(O)C(=O)NCC(F)(F)C(F)(F)F)[C@@H](C)Oc2ccc(F)cc21)C(=O)O. The molecule has 1 aromatic rings. The quantitative estimate of drug-likeness (QED) is 0.0772. The van der Waals surface area contributed by atoms with E-state index >= 15 is 0 Å². The van der Waals surface area contributed by atoms with Crippen LogP contribution in [-0.2, 0) is 33.5 Å². The van der Waals surface area contributed by atoms with Crippen LogP contribution in [0.1, 0.15) is 33.6 Å². The first-order valence-corrected chi connectivity index (χ1v) is 14.9. The van der Waals surface area contributed by atoms with Crippen molar-refractivity contribution in [2.24, 2.45) is 5.92 Å². The number of ketones is 1. The number of Topliss-reactive ketones (excluding diaryl/α,β-unsaturated/α-hetero) is 1. The standard InChI is InChI=1S/C29H35F6N5O11/c1-14-21(22(43)27(3,49)25(47)38-13-28(31,32)29(33,34)35)23(44)40(18-12-16(30)4-6-19(18)51-14)10-11-50-26(48)37-9-8-36-20(42)7-5-17(24(45)46)39-15(2)41/h4,6,12,14,17,21,49H,5,7-11,13H2,1-3H3,(H,36,42)(H,37,48)(H,38,47)(H,39,41)(H,45,46)/t14-,17+,21+,27+/m1/s1. The highest BCUT2D eigenvalue weighted by atomic mass is 19.4. The summed E-state index contributed by atoms with van der Waals surface area (Å²) in [5.41, 5.74) is -3.63. The molecule has 0 radical (unpaired) electrons. The van der Waals surface area contributed by atoms with Gasteiger partial charge in [0.25, 0.3) is 5.91 Å². The van der Waals surface area contributed by atoms with Gasteiger partial charge in [0.2, 0.25) is 17.7 Å². The fraction of sp³-hybridized carbons (Fsp3) is 0.552. The predicted molar refractivity (Wildman–Crippen MR) is 159 cm³/mol. The molecule has 0 spiro atoms. The Bertz CT molecular complexity index is 1510. The number of alkyl carbamates (subject to hydrolysis) is 1. The summed E-state index contributed by atoms with van der Waals surface area (Å²) in [5, 5.41) is 27.7. The molecule has 2 rings (SSSR count). The van der Waals surface area contributed by atoms with E-state index < -0.39 is 103 Å². The van der Waals surface area contributed by atoms with Crippen molar-refractivity contribution in [1.82, 2.24) is 21.3 Å². The summed E-state index contributed by atoms with van der Waals surface area (Å²) in [6.07, 6.45) is -9.14. The number of nitrogens with zero attached hydrogens (tertiary/aromatic N) is 1. The van der Waals surface area contributed by atoms with Crippen LogP contribution in [-0.4, -0.2) is 114 Å². The number of amides is 5. The third-order valence-electron chi connectivity index (χ3n) is 7.22. The van der Waals surface area contributed by atoms with Gasteiger partial charge in [-0.15, -0.1) is 0 Å². The Balaban J connectivity index is 2.06. The molecule has 1 aliphatic rings. The van der Waals surface area contributed by atoms with Gasteiger partial charge in [-0.25, -0.2) is 14.0 Å². The third-order valence-corrected chi connectivity index (χ3v) is 7.22. The first-order valence-electron chi connectivity index (χ1n) is 14.9. The lowest BCUT2D eigenvalue weighted by molar-refractivity contribution is -0.278. The molecule has 284 valence electrons. The van der Waals surface area contributed by atoms with E-state index in [0.29, 0.717) is 6.92 Å². The Morgan fingerprint density at radius 3 is 2.25 bits per heavy atom. The maximum Gasteiger partial charge on any atom is 0.455 e. The molecule has 22 heteroatoms. The summed E-state index contributed by atoms with van der Waals surface area (Å²) >= 11 is 0. The second kappa shape index (κ2) is 17.2. The van der Waals surface area contributed by atoms with Crippen LogP contribution in [0.5, 0.6) is 5.75 Å². The molecule has 1 heterocycles. The number of nitrogens with one attached hydrogen (secondary N) is 4. The molecule has 16 nitrogen and oxygen atoms in total. The highest BCUT2D eigenvalue weighted by molar-refractivity contribution is 6.19. The van der Waals surface area contributed by atoms with E-state index in [-0.39, 0.29) is 37.4 Å². The summed E-state index contributed by atoms with van der Waals surface area (Å²) in [6, 6.07) is 1.53. The zero-order valence-electron chi connectivity index (χ0n) is 27.2. The van der Waals surface area contributed by atoms with Gasteiger partial charge >= 0.3 is 24.2 Å². The number of benzene rings is 1. The Hall–Kier alpha value is -5.15. The molecule has 51 heavy (non-hydrogen) atoms. The first-order chi connectivity index (χ1) is 23.5. The number of carboxylic acids is 1. The van der Waals surface area contributed by atoms with Gasteiger partial charge in [-0.3, -0.25) is 24.0 Å². The van der Waals surface area contributed by atoms with Crippen molar-refractivity contribution in [3.63, 3.8) is 0 Å². The normalized spacial score (nSPS) is 17.8. The molecule has 0 bridgehead atoms. The van der Waals surface area contributed by atoms with Crippen molar-refractivity contribution in [3.05, 3.63) is 24.0 Å². The molecular weight excluding hydrogens is 708 g/mol.